The van der Waals surface area contributed by atoms with Crippen LogP contribution in [0.3, 0.4) is 0 Å². The third kappa shape index (κ3) is 0.735. The molecule has 0 bridgehead atoms. The maximum absolute atomic E-state index is 3.77. The van der Waals surface area contributed by atoms with Crippen molar-refractivity contribution >= 4 is 0 Å². The van der Waals surface area contributed by atoms with E-state index in [0.717, 1.165) is 5.92 Å². The van der Waals surface area contributed by atoms with Crippen LogP contribution in [0.4, 0.5) is 0 Å². The molecule has 0 aliphatic heterocycles. The third-order valence-electron chi connectivity index (χ3n) is 2.54. The standard InChI is InChI=1S/C9H12/c1-2-5-9(6-7-9)8-3-4-8/h2-4,8H,1,5-7H2. The average molecular weight is 120 g/mol. The lowest BCUT2D eigenvalue weighted by Gasteiger charge is -2.09. The summed E-state index contributed by atoms with van der Waals surface area (Å²) in [7, 11) is 0. The topological polar surface area (TPSA) is 0 Å². The van der Waals surface area contributed by atoms with E-state index in [9.17, 15) is 0 Å². The molecule has 0 aromatic rings. The lowest BCUT2D eigenvalue weighted by Crippen LogP contribution is -2.01. The first-order valence-corrected chi connectivity index (χ1v) is 3.67. The Morgan fingerprint density at radius 1 is 1.56 bits per heavy atom. The van der Waals surface area contributed by atoms with E-state index in [1.807, 2.05) is 0 Å². The summed E-state index contributed by atoms with van der Waals surface area (Å²) in [6.45, 7) is 3.77. The maximum Gasteiger partial charge on any atom is 0.000644 e. The molecule has 0 unspecified atom stereocenters. The molecule has 0 amide bonds. The minimum atomic E-state index is 0.682. The molecule has 0 saturated heterocycles. The molecule has 0 heterocycles. The smallest absolute Gasteiger partial charge is 0.000644 e. The molecule has 0 N–H and O–H groups in total. The highest BCUT2D eigenvalue weighted by Crippen LogP contribution is 2.59. The predicted molar refractivity (Wildman–Crippen MR) is 39.1 cm³/mol. The molecule has 9 heavy (non-hydrogen) atoms. The van der Waals surface area contributed by atoms with E-state index in [1.54, 1.807) is 0 Å². The summed E-state index contributed by atoms with van der Waals surface area (Å²) in [5, 5.41) is 0. The number of allylic oxidation sites excluding steroid dienone is 3. The van der Waals surface area contributed by atoms with Crippen molar-refractivity contribution in [2.45, 2.75) is 19.3 Å². The molecule has 2 aliphatic rings. The van der Waals surface area contributed by atoms with Crippen LogP contribution in [0.1, 0.15) is 19.3 Å². The summed E-state index contributed by atoms with van der Waals surface area (Å²) in [4.78, 5) is 0. The molecule has 0 atom stereocenters. The molecule has 0 heteroatoms. The second kappa shape index (κ2) is 1.50. The number of rotatable bonds is 3. The second-order valence-corrected chi connectivity index (χ2v) is 3.27. The zero-order valence-corrected chi connectivity index (χ0v) is 5.64. The highest BCUT2D eigenvalue weighted by molar-refractivity contribution is 5.25. The van der Waals surface area contributed by atoms with Crippen LogP contribution in [-0.4, -0.2) is 0 Å². The van der Waals surface area contributed by atoms with Gasteiger partial charge in [0.05, 0.1) is 0 Å². The Bertz CT molecular complexity index is 155. The van der Waals surface area contributed by atoms with Crippen molar-refractivity contribution in [3.05, 3.63) is 24.8 Å². The van der Waals surface area contributed by atoms with E-state index in [0.29, 0.717) is 5.41 Å². The van der Waals surface area contributed by atoms with Crippen LogP contribution in [-0.2, 0) is 0 Å². The summed E-state index contributed by atoms with van der Waals surface area (Å²) >= 11 is 0. The van der Waals surface area contributed by atoms with Crippen molar-refractivity contribution in [2.75, 3.05) is 0 Å². The van der Waals surface area contributed by atoms with E-state index < -0.39 is 0 Å². The highest BCUT2D eigenvalue weighted by Gasteiger charge is 2.49. The molecule has 0 aromatic carbocycles. The number of hydrogen-bond donors (Lipinski definition) is 0. The van der Waals surface area contributed by atoms with E-state index in [2.05, 4.69) is 24.8 Å². The van der Waals surface area contributed by atoms with Gasteiger partial charge in [-0.05, 0) is 24.7 Å². The molecular weight excluding hydrogens is 108 g/mol. The molecule has 1 fully saturated rings. The van der Waals surface area contributed by atoms with Gasteiger partial charge in [-0.25, -0.2) is 0 Å². The van der Waals surface area contributed by atoms with Gasteiger partial charge in [-0.2, -0.15) is 0 Å². The molecular formula is C9H12. The third-order valence-corrected chi connectivity index (χ3v) is 2.54. The monoisotopic (exact) mass is 120 g/mol. The fraction of sp³-hybridized carbons (Fsp3) is 0.556. The van der Waals surface area contributed by atoms with Gasteiger partial charge < -0.3 is 0 Å². The number of hydrogen-bond acceptors (Lipinski definition) is 0. The lowest BCUT2D eigenvalue weighted by molar-refractivity contribution is 0.476. The molecule has 2 aliphatic carbocycles. The molecule has 2 rings (SSSR count). The Balaban J connectivity index is 1.96. The van der Waals surface area contributed by atoms with Crippen molar-refractivity contribution in [3.8, 4) is 0 Å². The minimum Gasteiger partial charge on any atom is -0.103 e. The normalized spacial score (nSPS) is 28.0. The van der Waals surface area contributed by atoms with Crippen molar-refractivity contribution in [2.24, 2.45) is 11.3 Å². The molecule has 0 radical (unpaired) electrons. The summed E-state index contributed by atoms with van der Waals surface area (Å²) in [6, 6.07) is 0. The van der Waals surface area contributed by atoms with Gasteiger partial charge in [0.25, 0.3) is 0 Å². The van der Waals surface area contributed by atoms with Crippen molar-refractivity contribution in [1.82, 2.24) is 0 Å². The summed E-state index contributed by atoms with van der Waals surface area (Å²) in [5.74, 6) is 0.857. The second-order valence-electron chi connectivity index (χ2n) is 3.27. The van der Waals surface area contributed by atoms with Gasteiger partial charge >= 0.3 is 0 Å². The first-order chi connectivity index (χ1) is 4.37. The van der Waals surface area contributed by atoms with Gasteiger partial charge in [-0.15, -0.1) is 6.58 Å². The maximum atomic E-state index is 3.77. The summed E-state index contributed by atoms with van der Waals surface area (Å²) in [5.41, 5.74) is 0.682. The van der Waals surface area contributed by atoms with Crippen LogP contribution in [0.15, 0.2) is 24.8 Å². The van der Waals surface area contributed by atoms with Crippen molar-refractivity contribution in [3.63, 3.8) is 0 Å². The molecule has 1 saturated carbocycles. The molecule has 48 valence electrons. The van der Waals surface area contributed by atoms with Gasteiger partial charge in [0.15, 0.2) is 0 Å². The first-order valence-electron chi connectivity index (χ1n) is 3.67. The lowest BCUT2D eigenvalue weighted by atomic mass is 9.95. The molecule has 0 nitrogen and oxygen atoms in total. The van der Waals surface area contributed by atoms with Gasteiger partial charge in [-0.1, -0.05) is 18.2 Å². The Kier molecular flexibility index (Phi) is 0.879. The zero-order chi connectivity index (χ0) is 6.32. The Morgan fingerprint density at radius 2 is 2.22 bits per heavy atom. The quantitative estimate of drug-likeness (QED) is 0.502. The predicted octanol–water partition coefficient (Wildman–Crippen LogP) is 2.53. The Labute approximate surface area is 56.3 Å². The van der Waals surface area contributed by atoms with Crippen LogP contribution in [0.5, 0.6) is 0 Å². The summed E-state index contributed by atoms with van der Waals surface area (Å²) in [6.07, 6.45) is 10.8. The average Bonchev–Trinajstić information content (AvgIpc) is 2.61. The van der Waals surface area contributed by atoms with Crippen LogP contribution >= 0.6 is 0 Å². The summed E-state index contributed by atoms with van der Waals surface area (Å²) < 4.78 is 0. The van der Waals surface area contributed by atoms with Crippen molar-refractivity contribution in [1.29, 1.82) is 0 Å². The van der Waals surface area contributed by atoms with Crippen LogP contribution < -0.4 is 0 Å². The Morgan fingerprint density at radius 3 is 2.56 bits per heavy atom. The van der Waals surface area contributed by atoms with Crippen molar-refractivity contribution < 1.29 is 0 Å². The van der Waals surface area contributed by atoms with E-state index in [4.69, 9.17) is 0 Å². The molecule has 0 aromatic heterocycles. The first kappa shape index (κ1) is 5.28. The van der Waals surface area contributed by atoms with Crippen LogP contribution in [0.2, 0.25) is 0 Å². The Hall–Kier alpha value is -0.520. The van der Waals surface area contributed by atoms with Gasteiger partial charge in [0.2, 0.25) is 0 Å². The largest absolute Gasteiger partial charge is 0.103 e. The van der Waals surface area contributed by atoms with Gasteiger partial charge in [-0.3, -0.25) is 0 Å². The minimum absolute atomic E-state index is 0.682. The van der Waals surface area contributed by atoms with E-state index in [-0.39, 0.29) is 0 Å². The van der Waals surface area contributed by atoms with Crippen LogP contribution in [0, 0.1) is 11.3 Å². The van der Waals surface area contributed by atoms with E-state index in [1.165, 1.54) is 19.3 Å². The van der Waals surface area contributed by atoms with E-state index >= 15 is 0 Å². The SMILES string of the molecule is C=CCC1(C2C=C2)CC1. The highest BCUT2D eigenvalue weighted by atomic mass is 14.5. The van der Waals surface area contributed by atoms with Crippen LogP contribution in [0.25, 0.3) is 0 Å². The molecule has 0 spiro atoms. The fourth-order valence-electron chi connectivity index (χ4n) is 1.59. The fourth-order valence-corrected chi connectivity index (χ4v) is 1.59. The van der Waals surface area contributed by atoms with Gasteiger partial charge in [0, 0.05) is 5.92 Å². The zero-order valence-electron chi connectivity index (χ0n) is 5.64. The van der Waals surface area contributed by atoms with Gasteiger partial charge in [0.1, 0.15) is 0 Å².